The zero-order valence-corrected chi connectivity index (χ0v) is 6.62. The Bertz CT molecular complexity index is 205. The van der Waals surface area contributed by atoms with Crippen LogP contribution in [-0.4, -0.2) is 29.6 Å². The first-order valence-electron chi connectivity index (χ1n) is 3.82. The van der Waals surface area contributed by atoms with Gasteiger partial charge in [-0.25, -0.2) is 0 Å². The summed E-state index contributed by atoms with van der Waals surface area (Å²) in [7, 11) is 0. The summed E-state index contributed by atoms with van der Waals surface area (Å²) in [5, 5.41) is 11.4. The van der Waals surface area contributed by atoms with Gasteiger partial charge in [0.2, 0.25) is 11.8 Å². The van der Waals surface area contributed by atoms with Gasteiger partial charge in [-0.1, -0.05) is 0 Å². The van der Waals surface area contributed by atoms with Gasteiger partial charge in [-0.2, -0.15) is 0 Å². The first kappa shape index (κ1) is 8.99. The Hall–Kier alpha value is -1.10. The number of amides is 2. The standard InChI is InChI=1S/C7H12N2O3/c8-6(11)1-4-2-7(12)9-5(4)3-10/h4-5,10H,1-3H2,(H2,8,11)(H,9,12). The molecule has 5 heteroatoms. The summed E-state index contributed by atoms with van der Waals surface area (Å²) in [5.74, 6) is -0.699. The zero-order valence-electron chi connectivity index (χ0n) is 6.62. The van der Waals surface area contributed by atoms with Crippen molar-refractivity contribution in [1.29, 1.82) is 0 Å². The van der Waals surface area contributed by atoms with Gasteiger partial charge in [0.05, 0.1) is 12.6 Å². The van der Waals surface area contributed by atoms with E-state index >= 15 is 0 Å². The quantitative estimate of drug-likeness (QED) is 0.476. The molecule has 2 atom stereocenters. The lowest BCUT2D eigenvalue weighted by Crippen LogP contribution is -2.34. The van der Waals surface area contributed by atoms with Crippen molar-refractivity contribution in [3.05, 3.63) is 0 Å². The van der Waals surface area contributed by atoms with Crippen molar-refractivity contribution < 1.29 is 14.7 Å². The van der Waals surface area contributed by atoms with Gasteiger partial charge in [-0.3, -0.25) is 9.59 Å². The van der Waals surface area contributed by atoms with Crippen molar-refractivity contribution in [2.24, 2.45) is 11.7 Å². The molecule has 0 aromatic carbocycles. The van der Waals surface area contributed by atoms with E-state index in [1.807, 2.05) is 0 Å². The van der Waals surface area contributed by atoms with Crippen LogP contribution >= 0.6 is 0 Å². The van der Waals surface area contributed by atoms with E-state index in [2.05, 4.69) is 5.32 Å². The summed E-state index contributed by atoms with van der Waals surface area (Å²) in [6, 6.07) is -0.301. The highest BCUT2D eigenvalue weighted by atomic mass is 16.3. The molecular formula is C7H12N2O3. The van der Waals surface area contributed by atoms with Crippen molar-refractivity contribution in [2.45, 2.75) is 18.9 Å². The number of nitrogens with one attached hydrogen (secondary N) is 1. The van der Waals surface area contributed by atoms with Gasteiger partial charge in [0, 0.05) is 12.8 Å². The Morgan fingerprint density at radius 3 is 2.92 bits per heavy atom. The average molecular weight is 172 g/mol. The van der Waals surface area contributed by atoms with Crippen molar-refractivity contribution in [3.8, 4) is 0 Å². The fraction of sp³-hybridized carbons (Fsp3) is 0.714. The number of hydrogen-bond acceptors (Lipinski definition) is 3. The number of primary amides is 1. The van der Waals surface area contributed by atoms with Crippen LogP contribution < -0.4 is 11.1 Å². The van der Waals surface area contributed by atoms with Gasteiger partial charge in [-0.15, -0.1) is 0 Å². The van der Waals surface area contributed by atoms with Crippen LogP contribution in [0.4, 0.5) is 0 Å². The Labute approximate surface area is 69.9 Å². The summed E-state index contributed by atoms with van der Waals surface area (Å²) in [6.45, 7) is -0.135. The lowest BCUT2D eigenvalue weighted by molar-refractivity contribution is -0.119. The van der Waals surface area contributed by atoms with E-state index in [0.29, 0.717) is 0 Å². The lowest BCUT2D eigenvalue weighted by Gasteiger charge is -2.13. The number of carbonyl (C=O) groups is 2. The molecule has 0 radical (unpaired) electrons. The van der Waals surface area contributed by atoms with E-state index in [4.69, 9.17) is 10.8 Å². The van der Waals surface area contributed by atoms with E-state index in [1.165, 1.54) is 0 Å². The third-order valence-electron chi connectivity index (χ3n) is 2.02. The van der Waals surface area contributed by atoms with Crippen molar-refractivity contribution in [1.82, 2.24) is 5.32 Å². The maximum absolute atomic E-state index is 10.8. The number of rotatable bonds is 3. The fourth-order valence-corrected chi connectivity index (χ4v) is 1.43. The zero-order chi connectivity index (χ0) is 9.14. The predicted octanol–water partition coefficient (Wildman–Crippen LogP) is -1.64. The molecule has 0 aromatic rings. The molecule has 0 spiro atoms. The summed E-state index contributed by atoms with van der Waals surface area (Å²) in [5.41, 5.74) is 4.97. The Kier molecular flexibility index (Phi) is 2.65. The van der Waals surface area contributed by atoms with Crippen LogP contribution in [-0.2, 0) is 9.59 Å². The second-order valence-electron chi connectivity index (χ2n) is 2.99. The highest BCUT2D eigenvalue weighted by Gasteiger charge is 2.32. The largest absolute Gasteiger partial charge is 0.394 e. The van der Waals surface area contributed by atoms with Gasteiger partial charge in [0.1, 0.15) is 0 Å². The molecule has 0 bridgehead atoms. The number of aliphatic hydroxyl groups excluding tert-OH is 1. The van der Waals surface area contributed by atoms with Crippen molar-refractivity contribution >= 4 is 11.8 Å². The predicted molar refractivity (Wildman–Crippen MR) is 40.9 cm³/mol. The second-order valence-corrected chi connectivity index (χ2v) is 2.99. The summed E-state index contributed by atoms with van der Waals surface area (Å²) in [4.78, 5) is 21.4. The molecule has 68 valence electrons. The molecule has 1 saturated heterocycles. The van der Waals surface area contributed by atoms with Crippen LogP contribution in [0.1, 0.15) is 12.8 Å². The first-order chi connectivity index (χ1) is 5.63. The smallest absolute Gasteiger partial charge is 0.220 e. The van der Waals surface area contributed by atoms with E-state index in [0.717, 1.165) is 0 Å². The molecule has 1 aliphatic heterocycles. The van der Waals surface area contributed by atoms with E-state index in [-0.39, 0.29) is 37.3 Å². The van der Waals surface area contributed by atoms with Gasteiger partial charge < -0.3 is 16.2 Å². The second kappa shape index (κ2) is 3.53. The summed E-state index contributed by atoms with van der Waals surface area (Å²) < 4.78 is 0. The molecule has 1 fully saturated rings. The molecular weight excluding hydrogens is 160 g/mol. The Morgan fingerprint density at radius 2 is 2.42 bits per heavy atom. The maximum Gasteiger partial charge on any atom is 0.220 e. The fourth-order valence-electron chi connectivity index (χ4n) is 1.43. The first-order valence-corrected chi connectivity index (χ1v) is 3.82. The van der Waals surface area contributed by atoms with E-state index < -0.39 is 5.91 Å². The van der Waals surface area contributed by atoms with E-state index in [9.17, 15) is 9.59 Å². The number of nitrogens with two attached hydrogens (primary N) is 1. The lowest BCUT2D eigenvalue weighted by atomic mass is 9.97. The summed E-state index contributed by atoms with van der Waals surface area (Å²) >= 11 is 0. The van der Waals surface area contributed by atoms with Crippen LogP contribution in [0.15, 0.2) is 0 Å². The van der Waals surface area contributed by atoms with Gasteiger partial charge >= 0.3 is 0 Å². The van der Waals surface area contributed by atoms with Crippen LogP contribution in [0.2, 0.25) is 0 Å². The molecule has 1 aliphatic rings. The molecule has 0 saturated carbocycles. The van der Waals surface area contributed by atoms with Crippen LogP contribution in [0.5, 0.6) is 0 Å². The van der Waals surface area contributed by atoms with E-state index in [1.54, 1.807) is 0 Å². The molecule has 12 heavy (non-hydrogen) atoms. The molecule has 1 heterocycles. The molecule has 2 unspecified atom stereocenters. The minimum absolute atomic E-state index is 0.125. The van der Waals surface area contributed by atoms with Gasteiger partial charge in [0.15, 0.2) is 0 Å². The van der Waals surface area contributed by atoms with Crippen LogP contribution in [0.3, 0.4) is 0 Å². The topological polar surface area (TPSA) is 92.4 Å². The van der Waals surface area contributed by atoms with Crippen molar-refractivity contribution in [2.75, 3.05) is 6.61 Å². The van der Waals surface area contributed by atoms with Gasteiger partial charge in [-0.05, 0) is 5.92 Å². The highest BCUT2D eigenvalue weighted by molar-refractivity contribution is 5.81. The molecule has 0 aromatic heterocycles. The third-order valence-corrected chi connectivity index (χ3v) is 2.02. The number of hydrogen-bond donors (Lipinski definition) is 3. The summed E-state index contributed by atoms with van der Waals surface area (Å²) in [6.07, 6.45) is 0.443. The highest BCUT2D eigenvalue weighted by Crippen LogP contribution is 2.19. The number of carbonyl (C=O) groups excluding carboxylic acids is 2. The van der Waals surface area contributed by atoms with Gasteiger partial charge in [0.25, 0.3) is 0 Å². The Balaban J connectivity index is 2.51. The third kappa shape index (κ3) is 1.94. The monoisotopic (exact) mass is 172 g/mol. The minimum Gasteiger partial charge on any atom is -0.394 e. The average Bonchev–Trinajstić information content (AvgIpc) is 2.29. The molecule has 1 rings (SSSR count). The van der Waals surface area contributed by atoms with Crippen molar-refractivity contribution in [3.63, 3.8) is 0 Å². The van der Waals surface area contributed by atoms with Crippen LogP contribution in [0.25, 0.3) is 0 Å². The molecule has 2 amide bonds. The molecule has 5 nitrogen and oxygen atoms in total. The normalized spacial score (nSPS) is 28.6. The SMILES string of the molecule is NC(=O)CC1CC(=O)NC1CO. The maximum atomic E-state index is 10.8. The van der Waals surface area contributed by atoms with Crippen LogP contribution in [0, 0.1) is 5.92 Å². The Morgan fingerprint density at radius 1 is 1.75 bits per heavy atom. The minimum atomic E-state index is -0.435. The number of aliphatic hydroxyl groups is 1. The molecule has 0 aliphatic carbocycles. The molecule has 4 N–H and O–H groups in total.